The van der Waals surface area contributed by atoms with Crippen LogP contribution in [-0.2, 0) is 5.60 Å². The molecule has 12 heavy (non-hydrogen) atoms. The molecule has 0 spiro atoms. The lowest BCUT2D eigenvalue weighted by Gasteiger charge is -2.15. The van der Waals surface area contributed by atoms with Crippen LogP contribution in [0.25, 0.3) is 0 Å². The minimum Gasteiger partial charge on any atom is -0.384 e. The van der Waals surface area contributed by atoms with Crippen molar-refractivity contribution in [2.75, 3.05) is 0 Å². The zero-order valence-corrected chi connectivity index (χ0v) is 7.11. The number of carbonyl (C=O) groups excluding carboxylic acids is 1. The lowest BCUT2D eigenvalue weighted by Crippen LogP contribution is -2.17. The summed E-state index contributed by atoms with van der Waals surface area (Å²) in [7, 11) is 0. The summed E-state index contributed by atoms with van der Waals surface area (Å²) < 4.78 is 0. The number of nitrogens with zero attached hydrogens (tertiary/aromatic N) is 1. The molecule has 0 saturated carbocycles. The highest BCUT2D eigenvalue weighted by Crippen LogP contribution is 2.16. The smallest absolute Gasteiger partial charge is 0.151 e. The number of aromatic nitrogens is 1. The third-order valence-corrected chi connectivity index (χ3v) is 1.55. The van der Waals surface area contributed by atoms with Gasteiger partial charge in [0, 0.05) is 11.8 Å². The summed E-state index contributed by atoms with van der Waals surface area (Å²) in [5, 5.41) is 9.50. The van der Waals surface area contributed by atoms with E-state index in [2.05, 4.69) is 4.98 Å². The van der Waals surface area contributed by atoms with Gasteiger partial charge in [0.25, 0.3) is 0 Å². The molecule has 0 aliphatic carbocycles. The second-order valence-corrected chi connectivity index (χ2v) is 3.15. The molecule has 0 bridgehead atoms. The van der Waals surface area contributed by atoms with Crippen LogP contribution in [0.4, 0.5) is 0 Å². The standard InChI is InChI=1S/C9H11NO2/c1-9(2,12)8-4-3-7(6-11)5-10-8/h3-6,12H,1-2H3. The number of pyridine rings is 1. The number of aldehydes is 1. The highest BCUT2D eigenvalue weighted by Gasteiger charge is 2.16. The van der Waals surface area contributed by atoms with Crippen LogP contribution in [0.3, 0.4) is 0 Å². The average molecular weight is 165 g/mol. The molecule has 0 saturated heterocycles. The van der Waals surface area contributed by atoms with Gasteiger partial charge in [0.05, 0.1) is 5.69 Å². The van der Waals surface area contributed by atoms with Crippen molar-refractivity contribution in [3.05, 3.63) is 29.6 Å². The Morgan fingerprint density at radius 1 is 1.50 bits per heavy atom. The Balaban J connectivity index is 3.00. The first-order chi connectivity index (χ1) is 5.54. The maximum Gasteiger partial charge on any atom is 0.151 e. The summed E-state index contributed by atoms with van der Waals surface area (Å²) in [6, 6.07) is 3.27. The first-order valence-corrected chi connectivity index (χ1v) is 3.68. The zero-order chi connectivity index (χ0) is 9.19. The maximum absolute atomic E-state index is 10.3. The van der Waals surface area contributed by atoms with Gasteiger partial charge in [-0.1, -0.05) is 0 Å². The van der Waals surface area contributed by atoms with Gasteiger partial charge in [-0.15, -0.1) is 0 Å². The van der Waals surface area contributed by atoms with E-state index in [9.17, 15) is 9.90 Å². The van der Waals surface area contributed by atoms with Crippen LogP contribution in [0.1, 0.15) is 29.9 Å². The van der Waals surface area contributed by atoms with E-state index in [0.29, 0.717) is 11.3 Å². The van der Waals surface area contributed by atoms with E-state index in [1.807, 2.05) is 0 Å². The van der Waals surface area contributed by atoms with Crippen molar-refractivity contribution in [1.82, 2.24) is 4.98 Å². The Morgan fingerprint density at radius 2 is 2.17 bits per heavy atom. The van der Waals surface area contributed by atoms with E-state index >= 15 is 0 Å². The third-order valence-electron chi connectivity index (χ3n) is 1.55. The lowest BCUT2D eigenvalue weighted by molar-refractivity contribution is 0.0737. The first kappa shape index (κ1) is 8.87. The van der Waals surface area contributed by atoms with Crippen molar-refractivity contribution in [3.63, 3.8) is 0 Å². The summed E-state index contributed by atoms with van der Waals surface area (Å²) in [6.45, 7) is 3.30. The van der Waals surface area contributed by atoms with Crippen molar-refractivity contribution in [2.24, 2.45) is 0 Å². The molecule has 0 radical (unpaired) electrons. The predicted molar refractivity (Wildman–Crippen MR) is 44.9 cm³/mol. The fraction of sp³-hybridized carbons (Fsp3) is 0.333. The number of carbonyl (C=O) groups is 1. The van der Waals surface area contributed by atoms with E-state index in [1.54, 1.807) is 26.0 Å². The summed E-state index contributed by atoms with van der Waals surface area (Å²) in [4.78, 5) is 14.2. The molecule has 1 aromatic rings. The monoisotopic (exact) mass is 165 g/mol. The highest BCUT2D eigenvalue weighted by atomic mass is 16.3. The molecule has 0 fully saturated rings. The maximum atomic E-state index is 10.3. The van der Waals surface area contributed by atoms with E-state index in [-0.39, 0.29) is 0 Å². The molecule has 0 aliphatic rings. The predicted octanol–water partition coefficient (Wildman–Crippen LogP) is 1.12. The van der Waals surface area contributed by atoms with Crippen LogP contribution >= 0.6 is 0 Å². The van der Waals surface area contributed by atoms with Gasteiger partial charge in [0.2, 0.25) is 0 Å². The number of rotatable bonds is 2. The molecule has 0 amide bonds. The molecule has 1 rings (SSSR count). The molecule has 0 aliphatic heterocycles. The molecular formula is C9H11NO2. The Hall–Kier alpha value is -1.22. The number of aliphatic hydroxyl groups is 1. The highest BCUT2D eigenvalue weighted by molar-refractivity contribution is 5.73. The van der Waals surface area contributed by atoms with Crippen LogP contribution in [-0.4, -0.2) is 16.4 Å². The Kier molecular flexibility index (Phi) is 2.24. The summed E-state index contributed by atoms with van der Waals surface area (Å²) in [5.41, 5.74) is 0.137. The molecular weight excluding hydrogens is 154 g/mol. The molecule has 3 nitrogen and oxygen atoms in total. The van der Waals surface area contributed by atoms with Crippen LogP contribution in [0.15, 0.2) is 18.3 Å². The molecule has 0 aromatic carbocycles. The quantitative estimate of drug-likeness (QED) is 0.668. The van der Waals surface area contributed by atoms with Gasteiger partial charge >= 0.3 is 0 Å². The summed E-state index contributed by atoms with van der Waals surface area (Å²) in [5.74, 6) is 0. The van der Waals surface area contributed by atoms with Crippen molar-refractivity contribution >= 4 is 6.29 Å². The van der Waals surface area contributed by atoms with Crippen LogP contribution in [0, 0.1) is 0 Å². The molecule has 0 unspecified atom stereocenters. The van der Waals surface area contributed by atoms with Gasteiger partial charge < -0.3 is 5.11 Å². The van der Waals surface area contributed by atoms with Crippen molar-refractivity contribution in [2.45, 2.75) is 19.4 Å². The van der Waals surface area contributed by atoms with Crippen molar-refractivity contribution in [3.8, 4) is 0 Å². The minimum absolute atomic E-state index is 0.517. The SMILES string of the molecule is CC(C)(O)c1ccc(C=O)cn1. The van der Waals surface area contributed by atoms with E-state index in [1.165, 1.54) is 6.20 Å². The largest absolute Gasteiger partial charge is 0.384 e. The van der Waals surface area contributed by atoms with Crippen LogP contribution < -0.4 is 0 Å². The van der Waals surface area contributed by atoms with Gasteiger partial charge in [0.1, 0.15) is 5.60 Å². The molecule has 64 valence electrons. The van der Waals surface area contributed by atoms with Crippen molar-refractivity contribution < 1.29 is 9.90 Å². The van der Waals surface area contributed by atoms with Gasteiger partial charge in [-0.25, -0.2) is 0 Å². The van der Waals surface area contributed by atoms with Crippen LogP contribution in [0.2, 0.25) is 0 Å². The molecule has 1 N–H and O–H groups in total. The van der Waals surface area contributed by atoms with Gasteiger partial charge in [0.15, 0.2) is 6.29 Å². The van der Waals surface area contributed by atoms with E-state index in [4.69, 9.17) is 0 Å². The summed E-state index contributed by atoms with van der Waals surface area (Å²) >= 11 is 0. The fourth-order valence-electron chi connectivity index (χ4n) is 0.837. The van der Waals surface area contributed by atoms with Gasteiger partial charge in [-0.2, -0.15) is 0 Å². The molecule has 0 atom stereocenters. The Morgan fingerprint density at radius 3 is 2.50 bits per heavy atom. The number of hydrogen-bond acceptors (Lipinski definition) is 3. The van der Waals surface area contributed by atoms with Crippen LogP contribution in [0.5, 0.6) is 0 Å². The van der Waals surface area contributed by atoms with E-state index in [0.717, 1.165) is 6.29 Å². The molecule has 1 heterocycles. The van der Waals surface area contributed by atoms with E-state index < -0.39 is 5.60 Å². The third kappa shape index (κ3) is 1.89. The second-order valence-electron chi connectivity index (χ2n) is 3.15. The second kappa shape index (κ2) is 3.03. The van der Waals surface area contributed by atoms with Gasteiger partial charge in [-0.05, 0) is 26.0 Å². The Labute approximate surface area is 71.1 Å². The topological polar surface area (TPSA) is 50.2 Å². The Bertz CT molecular complexity index is 272. The zero-order valence-electron chi connectivity index (χ0n) is 7.11. The van der Waals surface area contributed by atoms with Crippen molar-refractivity contribution in [1.29, 1.82) is 0 Å². The molecule has 3 heteroatoms. The molecule has 1 aromatic heterocycles. The average Bonchev–Trinajstić information content (AvgIpc) is 2.03. The lowest BCUT2D eigenvalue weighted by atomic mass is 10.0. The summed E-state index contributed by atoms with van der Waals surface area (Å²) in [6.07, 6.45) is 2.17. The normalized spacial score (nSPS) is 11.2. The first-order valence-electron chi connectivity index (χ1n) is 3.68. The van der Waals surface area contributed by atoms with Gasteiger partial charge in [-0.3, -0.25) is 9.78 Å². The minimum atomic E-state index is -0.943. The fourth-order valence-corrected chi connectivity index (χ4v) is 0.837. The number of hydrogen-bond donors (Lipinski definition) is 1.